The number of nitrogens with zero attached hydrogens (tertiary/aromatic N) is 5. The average molecular weight is 469 g/mol. The van der Waals surface area contributed by atoms with Crippen LogP contribution >= 0.6 is 15.9 Å². The van der Waals surface area contributed by atoms with E-state index in [9.17, 15) is 14.9 Å². The zero-order valence-electron chi connectivity index (χ0n) is 15.7. The van der Waals surface area contributed by atoms with Crippen LogP contribution in [0.3, 0.4) is 0 Å². The minimum Gasteiger partial charge on any atom is -0.358 e. The van der Waals surface area contributed by atoms with Gasteiger partial charge in [0.1, 0.15) is 4.47 Å². The summed E-state index contributed by atoms with van der Waals surface area (Å²) in [4.78, 5) is 22.5. The molecule has 0 aliphatic carbocycles. The third-order valence-electron chi connectivity index (χ3n) is 4.57. The Morgan fingerprint density at radius 3 is 2.73 bits per heavy atom. The number of halogens is 1. The SMILES string of the molecule is O=C(CCn1cc(Br)c([N+](=O)[O-])n1)Nc1cnn(Cc2cccc3ccccc23)c1. The summed E-state index contributed by atoms with van der Waals surface area (Å²) in [6.45, 7) is 0.810. The van der Waals surface area contributed by atoms with Gasteiger partial charge in [0.15, 0.2) is 0 Å². The molecule has 4 rings (SSSR count). The Kier molecular flexibility index (Phi) is 5.57. The summed E-state index contributed by atoms with van der Waals surface area (Å²) < 4.78 is 3.42. The van der Waals surface area contributed by atoms with Crippen molar-refractivity contribution in [2.24, 2.45) is 0 Å². The number of hydrogen-bond donors (Lipinski definition) is 1. The maximum absolute atomic E-state index is 12.2. The van der Waals surface area contributed by atoms with Crippen molar-refractivity contribution in [1.82, 2.24) is 19.6 Å². The van der Waals surface area contributed by atoms with Crippen molar-refractivity contribution in [2.45, 2.75) is 19.5 Å². The second-order valence-electron chi connectivity index (χ2n) is 6.68. The van der Waals surface area contributed by atoms with E-state index in [0.717, 1.165) is 5.56 Å². The third-order valence-corrected chi connectivity index (χ3v) is 5.13. The van der Waals surface area contributed by atoms with Gasteiger partial charge in [0.05, 0.1) is 36.3 Å². The predicted molar refractivity (Wildman–Crippen MR) is 115 cm³/mol. The zero-order chi connectivity index (χ0) is 21.1. The number of anilines is 1. The molecule has 0 bridgehead atoms. The fraction of sp³-hybridized carbons (Fsp3) is 0.150. The number of amides is 1. The van der Waals surface area contributed by atoms with Gasteiger partial charge >= 0.3 is 5.82 Å². The molecule has 0 radical (unpaired) electrons. The normalized spacial score (nSPS) is 11.0. The summed E-state index contributed by atoms with van der Waals surface area (Å²) in [5, 5.41) is 24.1. The monoisotopic (exact) mass is 468 g/mol. The van der Waals surface area contributed by atoms with Crippen LogP contribution in [0, 0.1) is 10.1 Å². The first-order valence-electron chi connectivity index (χ1n) is 9.16. The van der Waals surface area contributed by atoms with Crippen LogP contribution < -0.4 is 5.32 Å². The minimum absolute atomic E-state index is 0.125. The van der Waals surface area contributed by atoms with Crippen LogP contribution in [0.4, 0.5) is 11.5 Å². The third kappa shape index (κ3) is 4.38. The molecule has 152 valence electrons. The summed E-state index contributed by atoms with van der Waals surface area (Å²) in [7, 11) is 0. The van der Waals surface area contributed by atoms with Crippen molar-refractivity contribution in [3.8, 4) is 0 Å². The first-order valence-corrected chi connectivity index (χ1v) is 9.95. The molecule has 0 saturated heterocycles. The number of nitro groups is 1. The number of nitrogens with one attached hydrogen (secondary N) is 1. The Balaban J connectivity index is 1.36. The van der Waals surface area contributed by atoms with Crippen molar-refractivity contribution < 1.29 is 9.72 Å². The number of carbonyl (C=O) groups excluding carboxylic acids is 1. The first kappa shape index (κ1) is 19.8. The largest absolute Gasteiger partial charge is 0.404 e. The number of fused-ring (bicyclic) bond motifs is 1. The maximum Gasteiger partial charge on any atom is 0.404 e. The smallest absolute Gasteiger partial charge is 0.358 e. The Morgan fingerprint density at radius 2 is 1.93 bits per heavy atom. The molecule has 9 nitrogen and oxygen atoms in total. The quantitative estimate of drug-likeness (QED) is 0.326. The molecule has 2 heterocycles. The second-order valence-corrected chi connectivity index (χ2v) is 7.54. The molecule has 0 unspecified atom stereocenters. The topological polar surface area (TPSA) is 108 Å². The molecule has 0 fully saturated rings. The van der Waals surface area contributed by atoms with Gasteiger partial charge in [-0.25, -0.2) is 0 Å². The molecule has 0 atom stereocenters. The van der Waals surface area contributed by atoms with Gasteiger partial charge in [-0.3, -0.25) is 9.48 Å². The highest BCUT2D eigenvalue weighted by Crippen LogP contribution is 2.22. The molecule has 2 aromatic carbocycles. The van der Waals surface area contributed by atoms with E-state index in [1.807, 2.05) is 18.2 Å². The van der Waals surface area contributed by atoms with E-state index in [1.54, 1.807) is 17.1 Å². The Bertz CT molecular complexity index is 1230. The van der Waals surface area contributed by atoms with E-state index in [-0.39, 0.29) is 29.2 Å². The van der Waals surface area contributed by atoms with E-state index in [0.29, 0.717) is 12.2 Å². The molecule has 2 aromatic heterocycles. The zero-order valence-corrected chi connectivity index (χ0v) is 17.3. The lowest BCUT2D eigenvalue weighted by Gasteiger charge is -2.06. The molecule has 4 aromatic rings. The van der Waals surface area contributed by atoms with Crippen LogP contribution in [-0.4, -0.2) is 30.4 Å². The van der Waals surface area contributed by atoms with Crippen molar-refractivity contribution in [2.75, 3.05) is 5.32 Å². The van der Waals surface area contributed by atoms with Gasteiger partial charge in [-0.05, 0) is 37.2 Å². The molecule has 30 heavy (non-hydrogen) atoms. The number of aryl methyl sites for hydroxylation is 1. The number of aromatic nitrogens is 4. The summed E-state index contributed by atoms with van der Waals surface area (Å²) in [5.74, 6) is -0.501. The standard InChI is InChI=1S/C20H17BrN6O3/c21-18-13-25(24-20(18)27(29)30)9-8-19(28)23-16-10-22-26(12-16)11-15-6-3-5-14-4-1-2-7-17(14)15/h1-7,10,12-13H,8-9,11H2,(H,23,28). The highest BCUT2D eigenvalue weighted by Gasteiger charge is 2.19. The van der Waals surface area contributed by atoms with E-state index in [4.69, 9.17) is 0 Å². The molecular formula is C20H17BrN6O3. The molecule has 0 aliphatic rings. The predicted octanol–water partition coefficient (Wildman–Crippen LogP) is 3.98. The summed E-state index contributed by atoms with van der Waals surface area (Å²) in [5.41, 5.74) is 1.73. The lowest BCUT2D eigenvalue weighted by molar-refractivity contribution is -0.390. The first-order chi connectivity index (χ1) is 14.5. The molecule has 1 amide bonds. The van der Waals surface area contributed by atoms with Crippen LogP contribution in [0.15, 0.2) is 65.5 Å². The highest BCUT2D eigenvalue weighted by atomic mass is 79.9. The van der Waals surface area contributed by atoms with Crippen molar-refractivity contribution in [1.29, 1.82) is 0 Å². The van der Waals surface area contributed by atoms with Crippen LogP contribution in [-0.2, 0) is 17.9 Å². The van der Waals surface area contributed by atoms with Gasteiger partial charge in [-0.1, -0.05) is 42.5 Å². The maximum atomic E-state index is 12.2. The minimum atomic E-state index is -0.578. The molecule has 0 saturated carbocycles. The highest BCUT2D eigenvalue weighted by molar-refractivity contribution is 9.10. The molecule has 1 N–H and O–H groups in total. The number of benzene rings is 2. The Hall–Kier alpha value is -3.53. The van der Waals surface area contributed by atoms with E-state index >= 15 is 0 Å². The summed E-state index contributed by atoms with van der Waals surface area (Å²) in [6, 6.07) is 14.3. The van der Waals surface area contributed by atoms with E-state index in [2.05, 4.69) is 55.7 Å². The number of hydrogen-bond acceptors (Lipinski definition) is 5. The van der Waals surface area contributed by atoms with Crippen molar-refractivity contribution >= 4 is 44.1 Å². The second kappa shape index (κ2) is 8.46. The molecule has 0 aliphatic heterocycles. The lowest BCUT2D eigenvalue weighted by Crippen LogP contribution is -2.14. The Morgan fingerprint density at radius 1 is 1.13 bits per heavy atom. The van der Waals surface area contributed by atoms with Gasteiger partial charge in [0, 0.05) is 12.6 Å². The Labute approximate surface area is 179 Å². The van der Waals surface area contributed by atoms with E-state index in [1.165, 1.54) is 21.7 Å². The molecular weight excluding hydrogens is 452 g/mol. The van der Waals surface area contributed by atoms with Gasteiger partial charge < -0.3 is 15.4 Å². The van der Waals surface area contributed by atoms with Crippen LogP contribution in [0.5, 0.6) is 0 Å². The van der Waals surface area contributed by atoms with Crippen LogP contribution in [0.2, 0.25) is 0 Å². The summed E-state index contributed by atoms with van der Waals surface area (Å²) in [6.07, 6.45) is 4.97. The van der Waals surface area contributed by atoms with Crippen molar-refractivity contribution in [3.05, 3.63) is 81.2 Å². The number of rotatable bonds is 7. The van der Waals surface area contributed by atoms with Crippen LogP contribution in [0.25, 0.3) is 10.8 Å². The fourth-order valence-corrected chi connectivity index (χ4v) is 3.64. The number of carbonyl (C=O) groups is 1. The average Bonchev–Trinajstić information content (AvgIpc) is 3.32. The molecule has 10 heteroatoms. The van der Waals surface area contributed by atoms with Crippen molar-refractivity contribution in [3.63, 3.8) is 0 Å². The van der Waals surface area contributed by atoms with Gasteiger partial charge in [-0.15, -0.1) is 0 Å². The van der Waals surface area contributed by atoms with Gasteiger partial charge in [-0.2, -0.15) is 9.78 Å². The summed E-state index contributed by atoms with van der Waals surface area (Å²) >= 11 is 3.09. The lowest BCUT2D eigenvalue weighted by atomic mass is 10.0. The van der Waals surface area contributed by atoms with E-state index < -0.39 is 4.92 Å². The van der Waals surface area contributed by atoms with Crippen LogP contribution in [0.1, 0.15) is 12.0 Å². The van der Waals surface area contributed by atoms with Gasteiger partial charge in [0.2, 0.25) is 5.91 Å². The molecule has 0 spiro atoms. The fourth-order valence-electron chi connectivity index (χ4n) is 3.18. The van der Waals surface area contributed by atoms with Gasteiger partial charge in [0.25, 0.3) is 0 Å².